The van der Waals surface area contributed by atoms with Crippen LogP contribution in [0.15, 0.2) is 23.2 Å². The number of aliphatic imine (C=N–C) groups is 1. The maximum atomic E-state index is 5.46. The Balaban J connectivity index is 0.00000312. The number of ether oxygens (including phenoxy) is 2. The van der Waals surface area contributed by atoms with Crippen molar-refractivity contribution in [1.29, 1.82) is 0 Å². The minimum absolute atomic E-state index is 0. The zero-order chi connectivity index (χ0) is 17.0. The van der Waals surface area contributed by atoms with Crippen LogP contribution in [0.2, 0.25) is 0 Å². The third-order valence-electron chi connectivity index (χ3n) is 4.12. The lowest BCUT2D eigenvalue weighted by Gasteiger charge is -2.11. The molecule has 0 aliphatic heterocycles. The van der Waals surface area contributed by atoms with Crippen LogP contribution in [0.3, 0.4) is 0 Å². The first kappa shape index (κ1) is 22.2. The fourth-order valence-electron chi connectivity index (χ4n) is 2.86. The Morgan fingerprint density at radius 1 is 1.12 bits per heavy atom. The van der Waals surface area contributed by atoms with Crippen molar-refractivity contribution in [2.45, 2.75) is 39.2 Å². The number of rotatable bonds is 10. The van der Waals surface area contributed by atoms with Gasteiger partial charge >= 0.3 is 0 Å². The van der Waals surface area contributed by atoms with Crippen molar-refractivity contribution in [2.75, 3.05) is 40.0 Å². The Kier molecular flexibility index (Phi) is 11.9. The molecule has 1 aliphatic carbocycles. The monoisotopic (exact) mass is 461 g/mol. The summed E-state index contributed by atoms with van der Waals surface area (Å²) in [5.74, 6) is 0.870. The zero-order valence-corrected chi connectivity index (χ0v) is 17.8. The first-order chi connectivity index (χ1) is 11.8. The van der Waals surface area contributed by atoms with Gasteiger partial charge in [-0.1, -0.05) is 18.2 Å². The fourth-order valence-corrected chi connectivity index (χ4v) is 2.86. The van der Waals surface area contributed by atoms with Gasteiger partial charge in [-0.05, 0) is 49.3 Å². The largest absolute Gasteiger partial charge is 0.382 e. The van der Waals surface area contributed by atoms with Gasteiger partial charge in [0, 0.05) is 26.8 Å². The summed E-state index contributed by atoms with van der Waals surface area (Å²) in [7, 11) is 1.69. The van der Waals surface area contributed by atoms with Crippen molar-refractivity contribution < 1.29 is 9.47 Å². The lowest BCUT2D eigenvalue weighted by atomic mass is 10.1. The molecule has 0 bridgehead atoms. The lowest BCUT2D eigenvalue weighted by molar-refractivity contribution is 0.0698. The highest BCUT2D eigenvalue weighted by Crippen LogP contribution is 2.23. The molecule has 142 valence electrons. The molecule has 1 aliphatic rings. The summed E-state index contributed by atoms with van der Waals surface area (Å²) in [6, 6.07) is 6.80. The number of nitrogens with zero attached hydrogens (tertiary/aromatic N) is 1. The van der Waals surface area contributed by atoms with Gasteiger partial charge < -0.3 is 20.1 Å². The van der Waals surface area contributed by atoms with Crippen molar-refractivity contribution in [1.82, 2.24) is 10.6 Å². The number of hydrogen-bond acceptors (Lipinski definition) is 3. The molecule has 0 amide bonds. The Morgan fingerprint density at radius 3 is 2.76 bits per heavy atom. The maximum absolute atomic E-state index is 5.46. The number of benzene rings is 1. The van der Waals surface area contributed by atoms with E-state index in [-0.39, 0.29) is 24.0 Å². The number of guanidine groups is 1. The molecule has 0 radical (unpaired) electrons. The van der Waals surface area contributed by atoms with E-state index in [0.717, 1.165) is 32.1 Å². The summed E-state index contributed by atoms with van der Waals surface area (Å²) in [6.45, 7) is 6.55. The summed E-state index contributed by atoms with van der Waals surface area (Å²) in [5.41, 5.74) is 4.31. The van der Waals surface area contributed by atoms with Gasteiger partial charge in [-0.2, -0.15) is 0 Å². The maximum Gasteiger partial charge on any atom is 0.191 e. The third kappa shape index (κ3) is 8.37. The SMILES string of the molecule is CCNC(=NCc1ccc2c(c1)CCC2)NCCCOCCOC.I. The minimum Gasteiger partial charge on any atom is -0.382 e. The van der Waals surface area contributed by atoms with Gasteiger partial charge in [0.05, 0.1) is 19.8 Å². The van der Waals surface area contributed by atoms with E-state index in [1.807, 2.05) is 0 Å². The quantitative estimate of drug-likeness (QED) is 0.244. The molecule has 0 aromatic heterocycles. The molecule has 1 aromatic rings. The first-order valence-corrected chi connectivity index (χ1v) is 9.03. The zero-order valence-electron chi connectivity index (χ0n) is 15.5. The molecule has 25 heavy (non-hydrogen) atoms. The topological polar surface area (TPSA) is 54.9 Å². The molecular formula is C19H32IN3O2. The molecule has 1 aromatic carbocycles. The van der Waals surface area contributed by atoms with Gasteiger partial charge in [0.2, 0.25) is 0 Å². The van der Waals surface area contributed by atoms with Crippen LogP contribution in [0.4, 0.5) is 0 Å². The molecule has 0 unspecified atom stereocenters. The average Bonchev–Trinajstić information content (AvgIpc) is 3.06. The van der Waals surface area contributed by atoms with Crippen molar-refractivity contribution in [3.63, 3.8) is 0 Å². The van der Waals surface area contributed by atoms with Crippen LogP contribution < -0.4 is 10.6 Å². The van der Waals surface area contributed by atoms with Gasteiger partial charge in [-0.15, -0.1) is 24.0 Å². The Bertz CT molecular complexity index is 523. The van der Waals surface area contributed by atoms with E-state index in [1.54, 1.807) is 7.11 Å². The molecule has 0 saturated carbocycles. The summed E-state index contributed by atoms with van der Waals surface area (Å²) in [5, 5.41) is 6.66. The van der Waals surface area contributed by atoms with Crippen molar-refractivity contribution >= 4 is 29.9 Å². The number of nitrogens with one attached hydrogen (secondary N) is 2. The van der Waals surface area contributed by atoms with Crippen LogP contribution in [0, 0.1) is 0 Å². The lowest BCUT2D eigenvalue weighted by Crippen LogP contribution is -2.38. The molecule has 2 N–H and O–H groups in total. The summed E-state index contributed by atoms with van der Waals surface area (Å²) in [6.07, 6.45) is 4.69. The molecule has 0 spiro atoms. The molecule has 0 atom stereocenters. The molecule has 0 fully saturated rings. The normalized spacial score (nSPS) is 13.3. The van der Waals surface area contributed by atoms with Crippen LogP contribution in [0.25, 0.3) is 0 Å². The smallest absolute Gasteiger partial charge is 0.191 e. The highest BCUT2D eigenvalue weighted by atomic mass is 127. The Labute approximate surface area is 169 Å². The van der Waals surface area contributed by atoms with Crippen molar-refractivity contribution in [2.24, 2.45) is 4.99 Å². The first-order valence-electron chi connectivity index (χ1n) is 9.03. The number of halogens is 1. The molecule has 5 nitrogen and oxygen atoms in total. The van der Waals surface area contributed by atoms with E-state index >= 15 is 0 Å². The standard InChI is InChI=1S/C19H31N3O2.HI/c1-3-20-19(21-10-5-11-24-13-12-23-2)22-15-16-8-9-17-6-4-7-18(17)14-16;/h8-9,14H,3-7,10-13,15H2,1-2H3,(H2,20,21,22);1H. The van der Waals surface area contributed by atoms with Gasteiger partial charge in [-0.3, -0.25) is 0 Å². The second-order valence-corrected chi connectivity index (χ2v) is 6.04. The average molecular weight is 461 g/mol. The van der Waals surface area contributed by atoms with Crippen LogP contribution >= 0.6 is 24.0 Å². The van der Waals surface area contributed by atoms with Gasteiger partial charge in [0.25, 0.3) is 0 Å². The molecule has 0 heterocycles. The second-order valence-electron chi connectivity index (χ2n) is 6.04. The van der Waals surface area contributed by atoms with Crippen LogP contribution in [0.1, 0.15) is 36.5 Å². The van der Waals surface area contributed by atoms with Gasteiger partial charge in [0.15, 0.2) is 5.96 Å². The van der Waals surface area contributed by atoms with Gasteiger partial charge in [-0.25, -0.2) is 4.99 Å². The fraction of sp³-hybridized carbons (Fsp3) is 0.632. The Hall–Kier alpha value is -0.860. The third-order valence-corrected chi connectivity index (χ3v) is 4.12. The number of hydrogen-bond donors (Lipinski definition) is 2. The summed E-state index contributed by atoms with van der Waals surface area (Å²) < 4.78 is 10.4. The van der Waals surface area contributed by atoms with Crippen LogP contribution in [0.5, 0.6) is 0 Å². The molecule has 2 rings (SSSR count). The van der Waals surface area contributed by atoms with Crippen LogP contribution in [-0.2, 0) is 28.9 Å². The van der Waals surface area contributed by atoms with Gasteiger partial charge in [0.1, 0.15) is 0 Å². The second kappa shape index (κ2) is 13.4. The number of aryl methyl sites for hydroxylation is 2. The summed E-state index contributed by atoms with van der Waals surface area (Å²) >= 11 is 0. The highest BCUT2D eigenvalue weighted by molar-refractivity contribution is 14.0. The van der Waals surface area contributed by atoms with E-state index < -0.39 is 0 Å². The Morgan fingerprint density at radius 2 is 1.96 bits per heavy atom. The van der Waals surface area contributed by atoms with E-state index in [1.165, 1.54) is 36.0 Å². The minimum atomic E-state index is 0. The van der Waals surface area contributed by atoms with Crippen molar-refractivity contribution in [3.05, 3.63) is 34.9 Å². The van der Waals surface area contributed by atoms with E-state index in [4.69, 9.17) is 14.5 Å². The van der Waals surface area contributed by atoms with E-state index in [0.29, 0.717) is 19.8 Å². The summed E-state index contributed by atoms with van der Waals surface area (Å²) in [4.78, 5) is 4.69. The van der Waals surface area contributed by atoms with Crippen LogP contribution in [-0.4, -0.2) is 46.0 Å². The van der Waals surface area contributed by atoms with E-state index in [2.05, 4.69) is 35.8 Å². The van der Waals surface area contributed by atoms with E-state index in [9.17, 15) is 0 Å². The highest BCUT2D eigenvalue weighted by Gasteiger charge is 2.10. The molecular weight excluding hydrogens is 429 g/mol. The number of fused-ring (bicyclic) bond motifs is 1. The predicted octanol–water partition coefficient (Wildman–Crippen LogP) is 2.90. The number of methoxy groups -OCH3 is 1. The molecule has 0 saturated heterocycles. The predicted molar refractivity (Wildman–Crippen MR) is 114 cm³/mol. The van der Waals surface area contributed by atoms with Crippen molar-refractivity contribution in [3.8, 4) is 0 Å². The molecule has 6 heteroatoms.